The van der Waals surface area contributed by atoms with Gasteiger partial charge in [0.25, 0.3) is 0 Å². The van der Waals surface area contributed by atoms with Crippen molar-refractivity contribution in [3.05, 3.63) is 30.4 Å². The summed E-state index contributed by atoms with van der Waals surface area (Å²) in [6, 6.07) is 2.19. The molecule has 1 saturated carbocycles. The van der Waals surface area contributed by atoms with Crippen LogP contribution in [-0.2, 0) is 14.2 Å². The maximum Gasteiger partial charge on any atom is 0.241 e. The highest BCUT2D eigenvalue weighted by Gasteiger charge is 2.48. The lowest BCUT2D eigenvalue weighted by Gasteiger charge is -2.25. The highest BCUT2D eigenvalue weighted by molar-refractivity contribution is 5.81. The highest BCUT2D eigenvalue weighted by Crippen LogP contribution is 2.39. The van der Waals surface area contributed by atoms with Crippen LogP contribution in [0.4, 0.5) is 5.95 Å². The van der Waals surface area contributed by atoms with Crippen LogP contribution in [0.25, 0.3) is 16.6 Å². The Hall–Kier alpha value is -2.57. The second-order valence-corrected chi connectivity index (χ2v) is 10.3. The molecule has 3 aromatic heterocycles. The van der Waals surface area contributed by atoms with Crippen LogP contribution in [-0.4, -0.2) is 92.0 Å². The first kappa shape index (κ1) is 23.8. The molecule has 5 heterocycles. The molecule has 11 heteroatoms. The van der Waals surface area contributed by atoms with Crippen molar-refractivity contribution in [3.63, 3.8) is 0 Å². The Balaban J connectivity index is 1.34. The Morgan fingerprint density at radius 1 is 1.14 bits per heavy atom. The minimum Gasteiger partial charge on any atom is -0.393 e. The van der Waals surface area contributed by atoms with E-state index in [0.717, 1.165) is 48.0 Å². The van der Waals surface area contributed by atoms with Gasteiger partial charge in [0.15, 0.2) is 0 Å². The SMILES string of the molecule is COC[C@H](C)Nc1ncc2c(-c3cnn([C@H]4CO[C@H]5[C@@H]4OC[C@H]5O)c3)cc([C@H]3CC[C@H](O)CC3)n2n1. The minimum absolute atomic E-state index is 0.0720. The molecule has 0 radical (unpaired) electrons. The van der Waals surface area contributed by atoms with Gasteiger partial charge in [-0.05, 0) is 38.7 Å². The number of rotatable bonds is 7. The molecule has 6 rings (SSSR count). The Labute approximate surface area is 209 Å². The lowest BCUT2D eigenvalue weighted by atomic mass is 9.85. The number of aliphatic hydroxyl groups excluding tert-OH is 2. The first-order valence-electron chi connectivity index (χ1n) is 12.8. The van der Waals surface area contributed by atoms with E-state index in [4.69, 9.17) is 19.3 Å². The quantitative estimate of drug-likeness (QED) is 0.446. The number of aromatic nitrogens is 5. The normalized spacial score (nSPS) is 31.1. The molecule has 36 heavy (non-hydrogen) atoms. The summed E-state index contributed by atoms with van der Waals surface area (Å²) in [5.74, 6) is 0.856. The zero-order chi connectivity index (χ0) is 24.8. The summed E-state index contributed by atoms with van der Waals surface area (Å²) < 4.78 is 20.7. The first-order chi connectivity index (χ1) is 17.5. The molecular formula is C25H34N6O5. The number of fused-ring (bicyclic) bond motifs is 2. The van der Waals surface area contributed by atoms with Crippen LogP contribution in [0.3, 0.4) is 0 Å². The number of nitrogens with one attached hydrogen (secondary N) is 1. The zero-order valence-corrected chi connectivity index (χ0v) is 20.7. The van der Waals surface area contributed by atoms with Crippen molar-refractivity contribution in [2.24, 2.45) is 0 Å². The summed E-state index contributed by atoms with van der Waals surface area (Å²) in [7, 11) is 1.68. The number of ether oxygens (including phenoxy) is 3. The zero-order valence-electron chi connectivity index (χ0n) is 20.7. The average Bonchev–Trinajstić information content (AvgIpc) is 3.64. The summed E-state index contributed by atoms with van der Waals surface area (Å²) in [4.78, 5) is 4.59. The van der Waals surface area contributed by atoms with Gasteiger partial charge in [-0.3, -0.25) is 4.68 Å². The lowest BCUT2D eigenvalue weighted by Crippen LogP contribution is -2.30. The Kier molecular flexibility index (Phi) is 6.42. The molecule has 0 spiro atoms. The van der Waals surface area contributed by atoms with E-state index in [1.54, 1.807) is 7.11 Å². The van der Waals surface area contributed by atoms with E-state index in [9.17, 15) is 10.2 Å². The molecule has 3 fully saturated rings. The first-order valence-corrected chi connectivity index (χ1v) is 12.8. The number of methoxy groups -OCH3 is 1. The summed E-state index contributed by atoms with van der Waals surface area (Å²) >= 11 is 0. The molecule has 1 aliphatic carbocycles. The summed E-state index contributed by atoms with van der Waals surface area (Å²) in [6.45, 7) is 3.33. The van der Waals surface area contributed by atoms with Crippen molar-refractivity contribution in [3.8, 4) is 11.1 Å². The number of anilines is 1. The van der Waals surface area contributed by atoms with E-state index >= 15 is 0 Å². The molecule has 0 unspecified atom stereocenters. The molecule has 3 aromatic rings. The maximum absolute atomic E-state index is 10.1. The van der Waals surface area contributed by atoms with E-state index in [0.29, 0.717) is 31.7 Å². The van der Waals surface area contributed by atoms with E-state index in [1.807, 2.05) is 34.7 Å². The van der Waals surface area contributed by atoms with Crippen LogP contribution in [0.5, 0.6) is 0 Å². The largest absolute Gasteiger partial charge is 0.393 e. The van der Waals surface area contributed by atoms with E-state index in [1.165, 1.54) is 0 Å². The van der Waals surface area contributed by atoms with E-state index in [-0.39, 0.29) is 30.4 Å². The summed E-state index contributed by atoms with van der Waals surface area (Å²) in [5, 5.41) is 33.0. The van der Waals surface area contributed by atoms with Crippen molar-refractivity contribution in [2.45, 2.75) is 75.0 Å². The van der Waals surface area contributed by atoms with Crippen LogP contribution in [0.2, 0.25) is 0 Å². The highest BCUT2D eigenvalue weighted by atomic mass is 16.6. The topological polar surface area (TPSA) is 128 Å². The van der Waals surface area contributed by atoms with Crippen LogP contribution < -0.4 is 5.32 Å². The van der Waals surface area contributed by atoms with Crippen LogP contribution in [0, 0.1) is 0 Å². The second-order valence-electron chi connectivity index (χ2n) is 10.3. The monoisotopic (exact) mass is 498 g/mol. The van der Waals surface area contributed by atoms with Crippen molar-refractivity contribution in [2.75, 3.05) is 32.2 Å². The molecule has 0 aromatic carbocycles. The molecular weight excluding hydrogens is 464 g/mol. The van der Waals surface area contributed by atoms with Gasteiger partial charge in [0.05, 0.1) is 43.8 Å². The summed E-state index contributed by atoms with van der Waals surface area (Å²) in [6.07, 6.45) is 7.84. The van der Waals surface area contributed by atoms with E-state index < -0.39 is 6.10 Å². The van der Waals surface area contributed by atoms with Crippen molar-refractivity contribution < 1.29 is 24.4 Å². The van der Waals surface area contributed by atoms with Gasteiger partial charge in [-0.1, -0.05) is 0 Å². The van der Waals surface area contributed by atoms with Gasteiger partial charge in [0.2, 0.25) is 5.95 Å². The Bertz CT molecular complexity index is 1200. The fourth-order valence-electron chi connectivity index (χ4n) is 5.83. The van der Waals surface area contributed by atoms with Gasteiger partial charge >= 0.3 is 0 Å². The molecule has 2 aliphatic heterocycles. The third kappa shape index (κ3) is 4.28. The van der Waals surface area contributed by atoms with Gasteiger partial charge in [-0.25, -0.2) is 9.50 Å². The third-order valence-electron chi connectivity index (χ3n) is 7.71. The van der Waals surface area contributed by atoms with Crippen molar-refractivity contribution in [1.29, 1.82) is 0 Å². The minimum atomic E-state index is -0.589. The van der Waals surface area contributed by atoms with Gasteiger partial charge in [0.1, 0.15) is 24.4 Å². The average molecular weight is 499 g/mol. The molecule has 11 nitrogen and oxygen atoms in total. The van der Waals surface area contributed by atoms with Crippen LogP contribution in [0.15, 0.2) is 24.7 Å². The number of hydrogen-bond acceptors (Lipinski definition) is 9. The standard InChI is InChI=1S/C25H34N6O5/c1-14(11-34-2)28-25-26-9-20-18(7-19(31(20)29-25)15-3-5-17(32)6-4-15)16-8-27-30(10-16)21-12-35-24-22(33)13-36-23(21)24/h7-10,14-15,17,21-24,32-33H,3-6,11-13H2,1-2H3,(H,28,29)/t14-,15-,17-,21-,22+,23+,24+/m0/s1. The molecule has 0 amide bonds. The van der Waals surface area contributed by atoms with E-state index in [2.05, 4.69) is 21.5 Å². The Morgan fingerprint density at radius 3 is 2.75 bits per heavy atom. The van der Waals surface area contributed by atoms with Crippen LogP contribution in [0.1, 0.15) is 50.3 Å². The lowest BCUT2D eigenvalue weighted by molar-refractivity contribution is 0.0169. The van der Waals surface area contributed by atoms with Crippen molar-refractivity contribution in [1.82, 2.24) is 24.4 Å². The van der Waals surface area contributed by atoms with Gasteiger partial charge in [0, 0.05) is 42.1 Å². The molecule has 0 bridgehead atoms. The number of hydrogen-bond donors (Lipinski definition) is 3. The van der Waals surface area contributed by atoms with Crippen molar-refractivity contribution >= 4 is 11.5 Å². The van der Waals surface area contributed by atoms with Gasteiger partial charge < -0.3 is 29.7 Å². The number of nitrogens with zero attached hydrogens (tertiary/aromatic N) is 5. The molecule has 194 valence electrons. The third-order valence-corrected chi connectivity index (χ3v) is 7.71. The summed E-state index contributed by atoms with van der Waals surface area (Å²) in [5.41, 5.74) is 4.01. The van der Waals surface area contributed by atoms with Crippen LogP contribution >= 0.6 is 0 Å². The predicted octanol–water partition coefficient (Wildman–Crippen LogP) is 1.76. The Morgan fingerprint density at radius 2 is 1.94 bits per heavy atom. The molecule has 2 saturated heterocycles. The fourth-order valence-corrected chi connectivity index (χ4v) is 5.83. The smallest absolute Gasteiger partial charge is 0.241 e. The van der Waals surface area contributed by atoms with Gasteiger partial charge in [-0.2, -0.15) is 5.10 Å². The maximum atomic E-state index is 10.1. The number of aliphatic hydroxyl groups is 2. The predicted molar refractivity (Wildman–Crippen MR) is 131 cm³/mol. The van der Waals surface area contributed by atoms with Gasteiger partial charge in [-0.15, -0.1) is 5.10 Å². The molecule has 5 atom stereocenters. The fraction of sp³-hybridized carbons (Fsp3) is 0.640. The molecule has 3 aliphatic rings. The molecule has 3 N–H and O–H groups in total. The second kappa shape index (κ2) is 9.71.